The maximum absolute atomic E-state index is 12.9. The largest absolute Gasteiger partial charge is 0.368 e. The van der Waals surface area contributed by atoms with Crippen molar-refractivity contribution in [2.75, 3.05) is 5.73 Å². The molecule has 96 valence electrons. The summed E-state index contributed by atoms with van der Waals surface area (Å²) in [4.78, 5) is 20.0. The first-order valence-electron chi connectivity index (χ1n) is 6.03. The fraction of sp³-hybridized carbons (Fsp3) is 0.214. The van der Waals surface area contributed by atoms with E-state index in [1.807, 2.05) is 0 Å². The number of nitrogens with two attached hydrogens (primary N) is 1. The van der Waals surface area contributed by atoms with Crippen molar-refractivity contribution >= 4 is 11.7 Å². The first kappa shape index (κ1) is 11.8. The fourth-order valence-corrected chi connectivity index (χ4v) is 2.43. The first-order chi connectivity index (χ1) is 9.13. The summed E-state index contributed by atoms with van der Waals surface area (Å²) in [7, 11) is 0. The van der Waals surface area contributed by atoms with Crippen LogP contribution < -0.4 is 5.73 Å². The summed E-state index contributed by atoms with van der Waals surface area (Å²) in [5.74, 6) is -0.0744. The number of fused-ring (bicyclic) bond motifs is 1. The zero-order valence-corrected chi connectivity index (χ0v) is 10.1. The van der Waals surface area contributed by atoms with Gasteiger partial charge in [-0.2, -0.15) is 0 Å². The second kappa shape index (κ2) is 4.42. The Morgan fingerprint density at radius 1 is 1.21 bits per heavy atom. The normalized spacial score (nSPS) is 18.2. The van der Waals surface area contributed by atoms with Gasteiger partial charge in [-0.3, -0.25) is 4.79 Å². The Balaban J connectivity index is 1.96. The molecule has 1 unspecified atom stereocenters. The summed E-state index contributed by atoms with van der Waals surface area (Å²) in [6.45, 7) is 0. The molecule has 0 saturated heterocycles. The summed E-state index contributed by atoms with van der Waals surface area (Å²) in [6.07, 6.45) is 2.51. The number of carbonyl (C=O) groups is 1. The molecule has 1 aromatic carbocycles. The van der Waals surface area contributed by atoms with E-state index in [4.69, 9.17) is 5.73 Å². The number of nitrogens with zero attached hydrogens (tertiary/aromatic N) is 2. The Bertz CT molecular complexity index is 640. The van der Waals surface area contributed by atoms with Gasteiger partial charge in [-0.05, 0) is 30.0 Å². The molecule has 1 heterocycles. The zero-order chi connectivity index (χ0) is 13.4. The van der Waals surface area contributed by atoms with Crippen molar-refractivity contribution in [1.82, 2.24) is 9.97 Å². The quantitative estimate of drug-likeness (QED) is 0.849. The van der Waals surface area contributed by atoms with E-state index < -0.39 is 0 Å². The van der Waals surface area contributed by atoms with Crippen LogP contribution in [0.25, 0.3) is 0 Å². The number of rotatable bonds is 1. The maximum Gasteiger partial charge on any atom is 0.220 e. The van der Waals surface area contributed by atoms with Crippen LogP contribution >= 0.6 is 0 Å². The van der Waals surface area contributed by atoms with Gasteiger partial charge in [0, 0.05) is 12.6 Å². The van der Waals surface area contributed by atoms with Gasteiger partial charge in [0.15, 0.2) is 5.78 Å². The van der Waals surface area contributed by atoms with Crippen molar-refractivity contribution in [1.29, 1.82) is 0 Å². The molecule has 19 heavy (non-hydrogen) atoms. The van der Waals surface area contributed by atoms with Gasteiger partial charge in [0.05, 0.1) is 11.3 Å². The highest BCUT2D eigenvalue weighted by molar-refractivity contribution is 5.98. The lowest BCUT2D eigenvalue weighted by atomic mass is 9.82. The number of ketones is 1. The number of hydrogen-bond donors (Lipinski definition) is 1. The smallest absolute Gasteiger partial charge is 0.220 e. The van der Waals surface area contributed by atoms with E-state index in [2.05, 4.69) is 9.97 Å². The third kappa shape index (κ3) is 2.19. The SMILES string of the molecule is Nc1ncc2c(n1)CC(c1ccc(F)cc1)CC2=O. The molecule has 3 rings (SSSR count). The highest BCUT2D eigenvalue weighted by Gasteiger charge is 2.27. The molecule has 1 aliphatic rings. The van der Waals surface area contributed by atoms with E-state index in [0.29, 0.717) is 24.1 Å². The van der Waals surface area contributed by atoms with Crippen molar-refractivity contribution in [3.63, 3.8) is 0 Å². The van der Waals surface area contributed by atoms with E-state index in [1.54, 1.807) is 12.1 Å². The number of halogens is 1. The maximum atomic E-state index is 12.9. The number of hydrogen-bond acceptors (Lipinski definition) is 4. The van der Waals surface area contributed by atoms with Gasteiger partial charge in [-0.1, -0.05) is 12.1 Å². The van der Waals surface area contributed by atoms with Crippen LogP contribution in [0, 0.1) is 5.82 Å². The number of nitrogen functional groups attached to an aromatic ring is 1. The van der Waals surface area contributed by atoms with Gasteiger partial charge in [0.25, 0.3) is 0 Å². The van der Waals surface area contributed by atoms with Gasteiger partial charge in [0.1, 0.15) is 5.82 Å². The Morgan fingerprint density at radius 3 is 2.68 bits per heavy atom. The average molecular weight is 257 g/mol. The first-order valence-corrected chi connectivity index (χ1v) is 6.03. The lowest BCUT2D eigenvalue weighted by Gasteiger charge is -2.22. The summed E-state index contributed by atoms with van der Waals surface area (Å²) in [5.41, 5.74) is 7.72. The molecule has 1 aromatic heterocycles. The summed E-state index contributed by atoms with van der Waals surface area (Å²) in [6, 6.07) is 6.24. The van der Waals surface area contributed by atoms with Crippen LogP contribution in [-0.2, 0) is 6.42 Å². The Labute approximate surface area is 109 Å². The van der Waals surface area contributed by atoms with E-state index in [0.717, 1.165) is 5.56 Å². The summed E-state index contributed by atoms with van der Waals surface area (Å²) >= 11 is 0. The third-order valence-electron chi connectivity index (χ3n) is 3.40. The van der Waals surface area contributed by atoms with Crippen molar-refractivity contribution < 1.29 is 9.18 Å². The Kier molecular flexibility index (Phi) is 2.74. The van der Waals surface area contributed by atoms with Gasteiger partial charge in [-0.25, -0.2) is 14.4 Å². The molecular weight excluding hydrogens is 245 g/mol. The molecule has 0 bridgehead atoms. The van der Waals surface area contributed by atoms with Crippen LogP contribution in [0.4, 0.5) is 10.3 Å². The van der Waals surface area contributed by atoms with E-state index in [9.17, 15) is 9.18 Å². The number of benzene rings is 1. The minimum atomic E-state index is -0.280. The second-order valence-corrected chi connectivity index (χ2v) is 4.67. The summed E-state index contributed by atoms with van der Waals surface area (Å²) < 4.78 is 12.9. The molecule has 0 amide bonds. The van der Waals surface area contributed by atoms with E-state index in [-0.39, 0.29) is 23.5 Å². The van der Waals surface area contributed by atoms with Crippen molar-refractivity contribution in [2.24, 2.45) is 0 Å². The molecule has 0 spiro atoms. The Morgan fingerprint density at radius 2 is 1.95 bits per heavy atom. The second-order valence-electron chi connectivity index (χ2n) is 4.67. The van der Waals surface area contributed by atoms with E-state index in [1.165, 1.54) is 18.3 Å². The topological polar surface area (TPSA) is 68.9 Å². The molecule has 1 aliphatic carbocycles. The van der Waals surface area contributed by atoms with Crippen LogP contribution in [0.3, 0.4) is 0 Å². The number of anilines is 1. The van der Waals surface area contributed by atoms with Crippen LogP contribution in [0.5, 0.6) is 0 Å². The number of aromatic nitrogens is 2. The van der Waals surface area contributed by atoms with Crippen LogP contribution in [0.1, 0.15) is 34.0 Å². The third-order valence-corrected chi connectivity index (χ3v) is 3.40. The van der Waals surface area contributed by atoms with Crippen molar-refractivity contribution in [3.05, 3.63) is 53.1 Å². The molecule has 1 atom stereocenters. The molecule has 0 fully saturated rings. The molecule has 0 radical (unpaired) electrons. The monoisotopic (exact) mass is 257 g/mol. The number of carbonyl (C=O) groups excluding carboxylic acids is 1. The molecule has 4 nitrogen and oxygen atoms in total. The minimum Gasteiger partial charge on any atom is -0.368 e. The lowest BCUT2D eigenvalue weighted by Crippen LogP contribution is -2.21. The van der Waals surface area contributed by atoms with Crippen molar-refractivity contribution in [2.45, 2.75) is 18.8 Å². The van der Waals surface area contributed by atoms with E-state index >= 15 is 0 Å². The molecule has 2 aromatic rings. The highest BCUT2D eigenvalue weighted by atomic mass is 19.1. The predicted octanol–water partition coefficient (Wildman–Crippen LogP) is 2.11. The van der Waals surface area contributed by atoms with Gasteiger partial charge >= 0.3 is 0 Å². The van der Waals surface area contributed by atoms with Gasteiger partial charge in [-0.15, -0.1) is 0 Å². The highest BCUT2D eigenvalue weighted by Crippen LogP contribution is 2.31. The number of Topliss-reactive ketones (excluding diaryl/α,β-unsaturated/α-hetero) is 1. The average Bonchev–Trinajstić information content (AvgIpc) is 2.38. The lowest BCUT2D eigenvalue weighted by molar-refractivity contribution is 0.0963. The van der Waals surface area contributed by atoms with Gasteiger partial charge < -0.3 is 5.73 Å². The van der Waals surface area contributed by atoms with Crippen LogP contribution in [-0.4, -0.2) is 15.8 Å². The molecule has 0 saturated carbocycles. The predicted molar refractivity (Wildman–Crippen MR) is 68.2 cm³/mol. The molecule has 0 aliphatic heterocycles. The molecular formula is C14H12FN3O. The van der Waals surface area contributed by atoms with Gasteiger partial charge in [0.2, 0.25) is 5.95 Å². The van der Waals surface area contributed by atoms with Crippen molar-refractivity contribution in [3.8, 4) is 0 Å². The molecule has 5 heteroatoms. The standard InChI is InChI=1S/C14H12FN3O/c15-10-3-1-8(2-4-10)9-5-12-11(13(19)6-9)7-17-14(16)18-12/h1-4,7,9H,5-6H2,(H2,16,17,18). The van der Waals surface area contributed by atoms with Crippen LogP contribution in [0.2, 0.25) is 0 Å². The minimum absolute atomic E-state index is 0.00979. The Hall–Kier alpha value is -2.30. The fourth-order valence-electron chi connectivity index (χ4n) is 2.43. The molecule has 2 N–H and O–H groups in total. The van der Waals surface area contributed by atoms with Crippen LogP contribution in [0.15, 0.2) is 30.5 Å². The zero-order valence-electron chi connectivity index (χ0n) is 10.1. The summed E-state index contributed by atoms with van der Waals surface area (Å²) in [5, 5.41) is 0.